The van der Waals surface area contributed by atoms with Crippen LogP contribution in [0.4, 0.5) is 11.6 Å². The van der Waals surface area contributed by atoms with Crippen molar-refractivity contribution in [2.75, 3.05) is 51.0 Å². The number of likely N-dealkylation sites (tertiary alicyclic amines) is 1. The third kappa shape index (κ3) is 3.72. The van der Waals surface area contributed by atoms with E-state index in [4.69, 9.17) is 4.74 Å². The number of hydrogen-bond donors (Lipinski definition) is 2. The molecule has 1 unspecified atom stereocenters. The lowest BCUT2D eigenvalue weighted by Crippen LogP contribution is -2.29. The minimum atomic E-state index is 0.575. The zero-order valence-corrected chi connectivity index (χ0v) is 12.6. The van der Waals surface area contributed by atoms with E-state index in [2.05, 4.69) is 32.4 Å². The van der Waals surface area contributed by atoms with E-state index in [1.54, 1.807) is 13.4 Å². The second-order valence-electron chi connectivity index (χ2n) is 5.35. The molecule has 112 valence electrons. The topological polar surface area (TPSA) is 62.3 Å². The van der Waals surface area contributed by atoms with Crippen molar-refractivity contribution in [3.05, 3.63) is 6.33 Å². The van der Waals surface area contributed by atoms with Gasteiger partial charge in [-0.3, -0.25) is 0 Å². The van der Waals surface area contributed by atoms with E-state index in [9.17, 15) is 0 Å². The maximum atomic E-state index is 5.37. The fourth-order valence-electron chi connectivity index (χ4n) is 2.61. The van der Waals surface area contributed by atoms with Crippen molar-refractivity contribution in [2.45, 2.75) is 19.8 Å². The predicted molar refractivity (Wildman–Crippen MR) is 81.5 cm³/mol. The highest BCUT2D eigenvalue weighted by Crippen LogP contribution is 2.28. The van der Waals surface area contributed by atoms with E-state index in [1.807, 2.05) is 7.05 Å². The number of methoxy groups -OCH3 is 1. The lowest BCUT2D eigenvalue weighted by molar-refractivity contribution is 0.294. The molecule has 2 rings (SSSR count). The zero-order valence-electron chi connectivity index (χ0n) is 12.6. The van der Waals surface area contributed by atoms with Crippen molar-refractivity contribution in [3.8, 4) is 5.75 Å². The molecule has 1 aliphatic heterocycles. The Morgan fingerprint density at radius 3 is 2.65 bits per heavy atom. The number of anilines is 2. The van der Waals surface area contributed by atoms with Gasteiger partial charge in [0.2, 0.25) is 5.75 Å². The summed E-state index contributed by atoms with van der Waals surface area (Å²) >= 11 is 0. The number of rotatable bonds is 7. The molecule has 0 bridgehead atoms. The van der Waals surface area contributed by atoms with Gasteiger partial charge in [0.25, 0.3) is 0 Å². The Bertz CT molecular complexity index is 420. The molecule has 0 aliphatic carbocycles. The van der Waals surface area contributed by atoms with E-state index in [1.165, 1.54) is 25.9 Å². The molecule has 6 heteroatoms. The molecule has 1 aromatic heterocycles. The first-order valence-corrected chi connectivity index (χ1v) is 7.27. The highest BCUT2D eigenvalue weighted by molar-refractivity contribution is 5.63. The third-order valence-electron chi connectivity index (χ3n) is 3.63. The van der Waals surface area contributed by atoms with Gasteiger partial charge >= 0.3 is 0 Å². The van der Waals surface area contributed by atoms with E-state index in [-0.39, 0.29) is 0 Å². The van der Waals surface area contributed by atoms with Crippen LogP contribution in [0.25, 0.3) is 0 Å². The van der Waals surface area contributed by atoms with Crippen molar-refractivity contribution in [2.24, 2.45) is 5.92 Å². The molecule has 2 heterocycles. The summed E-state index contributed by atoms with van der Waals surface area (Å²) in [4.78, 5) is 10.9. The summed E-state index contributed by atoms with van der Waals surface area (Å²) in [5.41, 5.74) is 0. The van der Waals surface area contributed by atoms with Crippen LogP contribution >= 0.6 is 0 Å². The van der Waals surface area contributed by atoms with Gasteiger partial charge in [-0.05, 0) is 31.8 Å². The SMILES string of the molecule is CNc1ncnc(NCC(C)CN2CCCC2)c1OC. The Balaban J connectivity index is 1.89. The van der Waals surface area contributed by atoms with Gasteiger partial charge in [-0.25, -0.2) is 9.97 Å². The minimum absolute atomic E-state index is 0.575. The lowest BCUT2D eigenvalue weighted by Gasteiger charge is -2.21. The van der Waals surface area contributed by atoms with Crippen molar-refractivity contribution in [1.29, 1.82) is 0 Å². The molecule has 6 nitrogen and oxygen atoms in total. The molecule has 0 radical (unpaired) electrons. The summed E-state index contributed by atoms with van der Waals surface area (Å²) in [6, 6.07) is 0. The molecule has 0 aromatic carbocycles. The second kappa shape index (κ2) is 7.28. The lowest BCUT2D eigenvalue weighted by atomic mass is 10.1. The smallest absolute Gasteiger partial charge is 0.204 e. The van der Waals surface area contributed by atoms with E-state index >= 15 is 0 Å². The summed E-state index contributed by atoms with van der Waals surface area (Å²) in [5, 5.41) is 6.38. The van der Waals surface area contributed by atoms with Gasteiger partial charge < -0.3 is 20.3 Å². The van der Waals surface area contributed by atoms with Crippen LogP contribution in [0.3, 0.4) is 0 Å². The molecule has 1 atom stereocenters. The van der Waals surface area contributed by atoms with Crippen LogP contribution in [-0.4, -0.2) is 55.2 Å². The van der Waals surface area contributed by atoms with Crippen LogP contribution in [0.15, 0.2) is 6.33 Å². The maximum Gasteiger partial charge on any atom is 0.204 e. The molecule has 1 saturated heterocycles. The van der Waals surface area contributed by atoms with Gasteiger partial charge in [0, 0.05) is 20.1 Å². The Labute approximate surface area is 120 Å². The number of ether oxygens (including phenoxy) is 1. The van der Waals surface area contributed by atoms with Crippen molar-refractivity contribution in [1.82, 2.24) is 14.9 Å². The van der Waals surface area contributed by atoms with Gasteiger partial charge in [-0.15, -0.1) is 0 Å². The number of hydrogen-bond acceptors (Lipinski definition) is 6. The van der Waals surface area contributed by atoms with Crippen molar-refractivity contribution in [3.63, 3.8) is 0 Å². The first-order valence-electron chi connectivity index (χ1n) is 7.27. The summed E-state index contributed by atoms with van der Waals surface area (Å²) in [5.74, 6) is 2.70. The van der Waals surface area contributed by atoms with Gasteiger partial charge in [-0.2, -0.15) is 0 Å². The van der Waals surface area contributed by atoms with Crippen LogP contribution in [0.1, 0.15) is 19.8 Å². The number of nitrogens with one attached hydrogen (secondary N) is 2. The standard InChI is InChI=1S/C14H25N5O/c1-11(9-19-6-4-5-7-19)8-16-14-12(20-3)13(15-2)17-10-18-14/h10-11H,4-9H2,1-3H3,(H2,15,16,17,18). The summed E-state index contributed by atoms with van der Waals surface area (Å²) < 4.78 is 5.37. The molecule has 0 spiro atoms. The summed E-state index contributed by atoms with van der Waals surface area (Å²) in [7, 11) is 3.46. The Morgan fingerprint density at radius 2 is 2.00 bits per heavy atom. The predicted octanol–water partition coefficient (Wildman–Crippen LogP) is 1.67. The molecule has 2 N–H and O–H groups in total. The highest BCUT2D eigenvalue weighted by Gasteiger charge is 2.16. The van der Waals surface area contributed by atoms with Gasteiger partial charge in [0.15, 0.2) is 11.6 Å². The normalized spacial score (nSPS) is 16.9. The molecular formula is C14H25N5O. The van der Waals surface area contributed by atoms with Crippen LogP contribution in [0, 0.1) is 5.92 Å². The molecule has 1 fully saturated rings. The molecule has 20 heavy (non-hydrogen) atoms. The van der Waals surface area contributed by atoms with Crippen LogP contribution in [-0.2, 0) is 0 Å². The highest BCUT2D eigenvalue weighted by atomic mass is 16.5. The number of aromatic nitrogens is 2. The van der Waals surface area contributed by atoms with E-state index < -0.39 is 0 Å². The summed E-state index contributed by atoms with van der Waals surface area (Å²) in [6.45, 7) is 6.76. The molecule has 1 aliphatic rings. The van der Waals surface area contributed by atoms with Gasteiger partial charge in [0.1, 0.15) is 6.33 Å². The average Bonchev–Trinajstić information content (AvgIpc) is 2.97. The van der Waals surface area contributed by atoms with Crippen LogP contribution in [0.5, 0.6) is 5.75 Å². The van der Waals surface area contributed by atoms with E-state index in [0.29, 0.717) is 17.5 Å². The first kappa shape index (κ1) is 14.8. The minimum Gasteiger partial charge on any atom is -0.490 e. The first-order chi connectivity index (χ1) is 9.74. The largest absolute Gasteiger partial charge is 0.490 e. The van der Waals surface area contributed by atoms with Crippen LogP contribution in [0.2, 0.25) is 0 Å². The maximum absolute atomic E-state index is 5.37. The molecule has 0 amide bonds. The zero-order chi connectivity index (χ0) is 14.4. The van der Waals surface area contributed by atoms with Gasteiger partial charge in [-0.1, -0.05) is 6.92 Å². The number of nitrogens with zero attached hydrogens (tertiary/aromatic N) is 3. The second-order valence-corrected chi connectivity index (χ2v) is 5.35. The fourth-order valence-corrected chi connectivity index (χ4v) is 2.61. The quantitative estimate of drug-likeness (QED) is 0.791. The molecule has 1 aromatic rings. The van der Waals surface area contributed by atoms with Crippen molar-refractivity contribution >= 4 is 11.6 Å². The van der Waals surface area contributed by atoms with E-state index in [0.717, 1.165) is 18.9 Å². The third-order valence-corrected chi connectivity index (χ3v) is 3.63. The Morgan fingerprint density at radius 1 is 1.30 bits per heavy atom. The Hall–Kier alpha value is -1.56. The van der Waals surface area contributed by atoms with Gasteiger partial charge in [0.05, 0.1) is 7.11 Å². The molecular weight excluding hydrogens is 254 g/mol. The van der Waals surface area contributed by atoms with Crippen molar-refractivity contribution < 1.29 is 4.74 Å². The average molecular weight is 279 g/mol. The monoisotopic (exact) mass is 279 g/mol. The molecule has 0 saturated carbocycles. The summed E-state index contributed by atoms with van der Waals surface area (Å²) in [6.07, 6.45) is 4.22. The fraction of sp³-hybridized carbons (Fsp3) is 0.714. The van der Waals surface area contributed by atoms with Crippen LogP contribution < -0.4 is 15.4 Å². The Kier molecular flexibility index (Phi) is 5.40.